The van der Waals surface area contributed by atoms with Crippen molar-refractivity contribution in [2.24, 2.45) is 11.8 Å². The zero-order chi connectivity index (χ0) is 40.5. The second kappa shape index (κ2) is 23.0. The summed E-state index contributed by atoms with van der Waals surface area (Å²) in [5, 5.41) is 5.16. The first-order chi connectivity index (χ1) is 27.3. The molecule has 2 fully saturated rings. The van der Waals surface area contributed by atoms with Crippen molar-refractivity contribution in [2.45, 2.75) is 117 Å². The van der Waals surface area contributed by atoms with Gasteiger partial charge in [0.2, 0.25) is 0 Å². The Bertz CT molecular complexity index is 2200. The number of hydrogen-bond acceptors (Lipinski definition) is 0. The van der Waals surface area contributed by atoms with Crippen LogP contribution in [0.4, 0.5) is 13.2 Å². The second-order valence-corrected chi connectivity index (χ2v) is 25.1. The Morgan fingerprint density at radius 2 is 0.983 bits per heavy atom. The smallest absolute Gasteiger partial charge is 0.0254 e. The number of hydrogen-bond donors (Lipinski definition) is 0. The summed E-state index contributed by atoms with van der Waals surface area (Å²) in [4.78, 5) is 0. The molecule has 0 bridgehead atoms. The van der Waals surface area contributed by atoms with Gasteiger partial charge in [-0.1, -0.05) is 158 Å². The van der Waals surface area contributed by atoms with Crippen molar-refractivity contribution >= 4 is 29.7 Å². The maximum absolute atomic E-state index is 11.4. The summed E-state index contributed by atoms with van der Waals surface area (Å²) in [5.41, 5.74) is 12.6. The molecule has 0 atom stereocenters. The molecule has 0 spiro atoms. The van der Waals surface area contributed by atoms with Gasteiger partial charge < -0.3 is 24.8 Å². The molecule has 2 saturated carbocycles. The largest absolute Gasteiger partial charge is 1.00 e. The molecule has 0 amide bonds. The molecule has 0 unspecified atom stereocenters. The van der Waals surface area contributed by atoms with Crippen LogP contribution < -0.4 is 45.7 Å². The number of rotatable bonds is 6. The van der Waals surface area contributed by atoms with Gasteiger partial charge in [-0.3, -0.25) is 0 Å². The van der Waals surface area contributed by atoms with E-state index < -0.39 is 18.0 Å². The van der Waals surface area contributed by atoms with Gasteiger partial charge in [-0.2, -0.15) is 0 Å². The van der Waals surface area contributed by atoms with Crippen LogP contribution in [0, 0.1) is 39.5 Å². The number of aryl methyl sites for hydroxylation is 4. The number of allylic oxidation sites excluding steroid dienone is 4. The maximum atomic E-state index is 11.4. The van der Waals surface area contributed by atoms with E-state index in [0.29, 0.717) is 6.04 Å². The fraction of sp³-hybridized carbons (Fsp3) is 0.385. The monoisotopic (exact) mass is 926 g/mol. The molecule has 0 heterocycles. The number of alkyl halides is 3. The van der Waals surface area contributed by atoms with Gasteiger partial charge in [0.25, 0.3) is 0 Å². The Morgan fingerprint density at radius 3 is 1.31 bits per heavy atom. The summed E-state index contributed by atoms with van der Waals surface area (Å²) in [7, 11) is 0. The number of benzene rings is 4. The third-order valence-electron chi connectivity index (χ3n) is 11.3. The average Bonchev–Trinajstić information content (AvgIpc) is 3.77. The summed E-state index contributed by atoms with van der Waals surface area (Å²) >= 11 is 1.29. The molecule has 4 aromatic carbocycles. The fourth-order valence-electron chi connectivity index (χ4n) is 8.74. The van der Waals surface area contributed by atoms with Crippen LogP contribution in [0.3, 0.4) is 0 Å². The molecule has 0 nitrogen and oxygen atoms in total. The van der Waals surface area contributed by atoms with Gasteiger partial charge in [0.15, 0.2) is 0 Å². The van der Waals surface area contributed by atoms with E-state index in [4.69, 9.17) is 0 Å². The van der Waals surface area contributed by atoms with Gasteiger partial charge >= 0.3 is 67.1 Å². The standard InChI is InChI=1S/2C24H25.C4H7F3Si.2ClH.Zr/c2*1-17-11-18(2)13-22(12-17)23-10-6-9-21-15-20(16-24(21)23)14-19-7-4-3-5-8-19;1-8-3-2-4(5,6)7;;;/h2*6,9-14,16,19H,3-5,7-8H2,1-2H3;2-3H2,1H3;2*1H;/q2*-1;;;;+2/p-2. The van der Waals surface area contributed by atoms with Crippen LogP contribution in [0.2, 0.25) is 12.6 Å². The Balaban J connectivity index is 0.000000211. The van der Waals surface area contributed by atoms with Gasteiger partial charge in [0.05, 0.1) is 0 Å². The molecule has 8 rings (SSSR count). The van der Waals surface area contributed by atoms with Gasteiger partial charge in [-0.15, -0.1) is 80.6 Å². The third-order valence-corrected chi connectivity index (χ3v) is 14.2. The maximum Gasteiger partial charge on any atom is -0.0254 e. The van der Waals surface area contributed by atoms with Crippen LogP contribution in [0.25, 0.3) is 46.6 Å². The summed E-state index contributed by atoms with van der Waals surface area (Å²) in [5.74, 6) is 1.49. The van der Waals surface area contributed by atoms with Crippen molar-refractivity contribution in [3.63, 3.8) is 0 Å². The minimum atomic E-state index is -3.93. The minimum Gasteiger partial charge on any atom is -1.00 e. The molecule has 4 aliphatic rings. The van der Waals surface area contributed by atoms with Gasteiger partial charge in [-0.25, -0.2) is 0 Å². The van der Waals surface area contributed by atoms with Gasteiger partial charge in [0, 0.05) is 0 Å². The number of halogens is 5. The quantitative estimate of drug-likeness (QED) is 0.165. The average molecular weight is 929 g/mol. The topological polar surface area (TPSA) is 0 Å². The Hall–Kier alpha value is -2.69. The molecule has 0 saturated heterocycles. The molecule has 4 aromatic rings. The van der Waals surface area contributed by atoms with Crippen LogP contribution in [0.15, 0.2) is 96.1 Å². The molecule has 310 valence electrons. The normalized spacial score (nSPS) is 17.3. The summed E-state index contributed by atoms with van der Waals surface area (Å²) in [6.07, 6.45) is 26.1. The third kappa shape index (κ3) is 14.7. The summed E-state index contributed by atoms with van der Waals surface area (Å²) in [6.45, 7) is 10.6. The first kappa shape index (κ1) is 49.0. The van der Waals surface area contributed by atoms with Crippen molar-refractivity contribution in [2.75, 3.05) is 0 Å². The SMILES string of the molecule is C[Si](=[Zr+2])CCC(F)(F)F.Cc1cc(C)cc(-c2cccc3c2=CC(=CC2CCCCC2)[C-]=3)c1.Cc1cc(C)cc(-c2cccc3c2=CC(=CC2CCCCC2)[C-]=3)c1.[Cl-].[Cl-]. The van der Waals surface area contributed by atoms with Crippen LogP contribution >= 0.6 is 0 Å². The van der Waals surface area contributed by atoms with E-state index in [1.54, 1.807) is 0 Å². The first-order valence-corrected chi connectivity index (χ1v) is 26.9. The van der Waals surface area contributed by atoms with Crippen LogP contribution in [0.5, 0.6) is 0 Å². The van der Waals surface area contributed by atoms with E-state index in [0.717, 1.165) is 11.8 Å². The predicted molar refractivity (Wildman–Crippen MR) is 233 cm³/mol. The molecule has 0 N–H and O–H groups in total. The first-order valence-electron chi connectivity index (χ1n) is 21.0. The second-order valence-electron chi connectivity index (χ2n) is 16.8. The summed E-state index contributed by atoms with van der Waals surface area (Å²) in [6, 6.07) is 27.2. The molecule has 0 aliphatic heterocycles. The minimum absolute atomic E-state index is 0. The van der Waals surface area contributed by atoms with E-state index in [1.807, 2.05) is 6.55 Å². The van der Waals surface area contributed by atoms with Crippen molar-refractivity contribution in [1.29, 1.82) is 0 Å². The zero-order valence-corrected chi connectivity index (χ0v) is 40.2. The van der Waals surface area contributed by atoms with E-state index >= 15 is 0 Å². The molecule has 0 aromatic heterocycles. The molecular weight excluding hydrogens is 872 g/mol. The van der Waals surface area contributed by atoms with Crippen LogP contribution in [0.1, 0.15) is 92.9 Å². The van der Waals surface area contributed by atoms with Gasteiger partial charge in [0.1, 0.15) is 0 Å². The van der Waals surface area contributed by atoms with E-state index in [9.17, 15) is 13.2 Å². The van der Waals surface area contributed by atoms with Gasteiger partial charge in [-0.05, 0) is 50.7 Å². The van der Waals surface area contributed by atoms with E-state index in [2.05, 4.69) is 137 Å². The molecule has 7 heteroatoms. The number of fused-ring (bicyclic) bond motifs is 2. The van der Waals surface area contributed by atoms with E-state index in [-0.39, 0.29) is 24.8 Å². The van der Waals surface area contributed by atoms with Crippen molar-refractivity contribution in [1.82, 2.24) is 0 Å². The molecule has 4 aliphatic carbocycles. The zero-order valence-electron chi connectivity index (χ0n) is 35.3. The van der Waals surface area contributed by atoms with Crippen LogP contribution in [-0.4, -0.2) is 11.6 Å². The summed E-state index contributed by atoms with van der Waals surface area (Å²) < 4.78 is 34.3. The Morgan fingerprint density at radius 1 is 0.610 bits per heavy atom. The molecule has 59 heavy (non-hydrogen) atoms. The fourth-order valence-corrected chi connectivity index (χ4v) is 10.3. The van der Waals surface area contributed by atoms with Crippen molar-refractivity contribution < 1.29 is 61.3 Å². The Kier molecular flexibility index (Phi) is 19.0. The molecule has 0 radical (unpaired) electrons. The molecular formula is C52H57Cl2F3SiZr-2. The van der Waals surface area contributed by atoms with Crippen molar-refractivity contribution in [3.8, 4) is 22.3 Å². The Labute approximate surface area is 378 Å². The predicted octanol–water partition coefficient (Wildman–Crippen LogP) is 5.97. The van der Waals surface area contributed by atoms with E-state index in [1.165, 1.54) is 164 Å². The van der Waals surface area contributed by atoms with Crippen LogP contribution in [-0.2, 0) is 23.3 Å². The van der Waals surface area contributed by atoms with Crippen molar-refractivity contribution in [3.05, 3.63) is 139 Å².